The van der Waals surface area contributed by atoms with Crippen LogP contribution in [0.2, 0.25) is 0 Å². The minimum atomic E-state index is 0.197. The van der Waals surface area contributed by atoms with Gasteiger partial charge in [0.2, 0.25) is 0 Å². The molecule has 1 aromatic rings. The standard InChI is InChI=1S/C13H22N4S/c1-13(2,18-4)10-17-12(14-3)16-9-11-7-5-6-8-15-11/h5-8H,9-10H2,1-4H3,(H2,14,16,17). The van der Waals surface area contributed by atoms with E-state index in [9.17, 15) is 0 Å². The predicted octanol–water partition coefficient (Wildman–Crippen LogP) is 1.89. The van der Waals surface area contributed by atoms with Crippen LogP contribution in [0.25, 0.3) is 0 Å². The van der Waals surface area contributed by atoms with Crippen LogP contribution in [0, 0.1) is 0 Å². The lowest BCUT2D eigenvalue weighted by molar-refractivity contribution is 0.663. The first-order valence-electron chi connectivity index (χ1n) is 5.97. The van der Waals surface area contributed by atoms with Crippen LogP contribution in [0.15, 0.2) is 29.4 Å². The molecule has 100 valence electrons. The lowest BCUT2D eigenvalue weighted by Gasteiger charge is -2.23. The molecule has 0 saturated heterocycles. The molecule has 0 unspecified atom stereocenters. The highest BCUT2D eigenvalue weighted by Gasteiger charge is 2.15. The summed E-state index contributed by atoms with van der Waals surface area (Å²) in [7, 11) is 1.78. The molecule has 5 heteroatoms. The summed E-state index contributed by atoms with van der Waals surface area (Å²) < 4.78 is 0.197. The fraction of sp³-hybridized carbons (Fsp3) is 0.538. The molecule has 0 fully saturated rings. The second-order valence-corrected chi connectivity index (χ2v) is 6.08. The van der Waals surface area contributed by atoms with Crippen LogP contribution in [0.5, 0.6) is 0 Å². The maximum atomic E-state index is 4.26. The Bertz CT molecular complexity index is 376. The quantitative estimate of drug-likeness (QED) is 0.631. The number of hydrogen-bond donors (Lipinski definition) is 2. The van der Waals surface area contributed by atoms with Crippen LogP contribution in [-0.4, -0.2) is 35.5 Å². The first kappa shape index (κ1) is 14.8. The molecule has 4 nitrogen and oxygen atoms in total. The summed E-state index contributed by atoms with van der Waals surface area (Å²) >= 11 is 1.84. The zero-order valence-electron chi connectivity index (χ0n) is 11.5. The van der Waals surface area contributed by atoms with Crippen LogP contribution in [-0.2, 0) is 6.54 Å². The van der Waals surface area contributed by atoms with E-state index in [-0.39, 0.29) is 4.75 Å². The number of nitrogens with one attached hydrogen (secondary N) is 2. The molecule has 0 spiro atoms. The Morgan fingerprint density at radius 2 is 2.17 bits per heavy atom. The van der Waals surface area contributed by atoms with Crippen molar-refractivity contribution in [2.24, 2.45) is 4.99 Å². The molecule has 0 saturated carbocycles. The van der Waals surface area contributed by atoms with Crippen molar-refractivity contribution in [3.63, 3.8) is 0 Å². The van der Waals surface area contributed by atoms with Gasteiger partial charge in [-0.2, -0.15) is 11.8 Å². The minimum Gasteiger partial charge on any atom is -0.355 e. The van der Waals surface area contributed by atoms with Gasteiger partial charge in [-0.05, 0) is 32.2 Å². The molecule has 0 aliphatic heterocycles. The third kappa shape index (κ3) is 5.40. The Kier molecular flexibility index (Phi) is 5.98. The van der Waals surface area contributed by atoms with E-state index in [1.165, 1.54) is 0 Å². The van der Waals surface area contributed by atoms with E-state index in [0.29, 0.717) is 6.54 Å². The summed E-state index contributed by atoms with van der Waals surface area (Å²) in [5, 5.41) is 6.57. The molecule has 0 aliphatic rings. The average Bonchev–Trinajstić information content (AvgIpc) is 2.40. The Balaban J connectivity index is 2.40. The van der Waals surface area contributed by atoms with Gasteiger partial charge in [-0.3, -0.25) is 9.98 Å². The van der Waals surface area contributed by atoms with E-state index in [1.807, 2.05) is 30.0 Å². The summed E-state index contributed by atoms with van der Waals surface area (Å²) in [6.07, 6.45) is 3.91. The normalized spacial score (nSPS) is 12.3. The monoisotopic (exact) mass is 266 g/mol. The van der Waals surface area contributed by atoms with Gasteiger partial charge in [0.1, 0.15) is 0 Å². The van der Waals surface area contributed by atoms with Gasteiger partial charge in [0.05, 0.1) is 12.2 Å². The number of hydrogen-bond acceptors (Lipinski definition) is 3. The Morgan fingerprint density at radius 1 is 1.39 bits per heavy atom. The molecule has 0 atom stereocenters. The number of guanidine groups is 1. The Morgan fingerprint density at radius 3 is 2.72 bits per heavy atom. The van der Waals surface area contributed by atoms with Gasteiger partial charge in [0.15, 0.2) is 5.96 Å². The van der Waals surface area contributed by atoms with Gasteiger partial charge in [-0.25, -0.2) is 0 Å². The smallest absolute Gasteiger partial charge is 0.191 e. The van der Waals surface area contributed by atoms with Gasteiger partial charge < -0.3 is 10.6 Å². The summed E-state index contributed by atoms with van der Waals surface area (Å²) in [6, 6.07) is 5.89. The summed E-state index contributed by atoms with van der Waals surface area (Å²) in [6.45, 7) is 5.96. The number of thioether (sulfide) groups is 1. The fourth-order valence-electron chi connectivity index (χ4n) is 1.27. The molecule has 0 aliphatic carbocycles. The van der Waals surface area contributed by atoms with Crippen molar-refractivity contribution >= 4 is 17.7 Å². The Labute approximate surface area is 114 Å². The molecular weight excluding hydrogens is 244 g/mol. The fourth-order valence-corrected chi connectivity index (χ4v) is 1.48. The molecule has 0 amide bonds. The van der Waals surface area contributed by atoms with Crippen LogP contribution >= 0.6 is 11.8 Å². The zero-order chi connectivity index (χ0) is 13.4. The molecule has 2 N–H and O–H groups in total. The molecule has 18 heavy (non-hydrogen) atoms. The SMILES string of the molecule is CN=C(NCc1ccccn1)NCC(C)(C)SC. The van der Waals surface area contributed by atoms with E-state index in [1.54, 1.807) is 13.2 Å². The number of rotatable bonds is 5. The number of pyridine rings is 1. The van der Waals surface area contributed by atoms with Crippen LogP contribution in [0.1, 0.15) is 19.5 Å². The number of nitrogens with zero attached hydrogens (tertiary/aromatic N) is 2. The van der Waals surface area contributed by atoms with Gasteiger partial charge in [-0.1, -0.05) is 6.07 Å². The first-order chi connectivity index (χ1) is 8.57. The van der Waals surface area contributed by atoms with Gasteiger partial charge in [-0.15, -0.1) is 0 Å². The summed E-state index contributed by atoms with van der Waals surface area (Å²) in [4.78, 5) is 8.46. The average molecular weight is 266 g/mol. The highest BCUT2D eigenvalue weighted by molar-refractivity contribution is 7.99. The molecule has 0 radical (unpaired) electrons. The number of aromatic nitrogens is 1. The maximum Gasteiger partial charge on any atom is 0.191 e. The van der Waals surface area contributed by atoms with Gasteiger partial charge in [0, 0.05) is 24.5 Å². The van der Waals surface area contributed by atoms with E-state index in [0.717, 1.165) is 18.2 Å². The van der Waals surface area contributed by atoms with Crippen molar-refractivity contribution in [3.8, 4) is 0 Å². The van der Waals surface area contributed by atoms with Crippen molar-refractivity contribution < 1.29 is 0 Å². The third-order valence-corrected chi connectivity index (χ3v) is 3.87. The molecule has 1 heterocycles. The lowest BCUT2D eigenvalue weighted by Crippen LogP contribution is -2.43. The molecule has 0 aromatic carbocycles. The first-order valence-corrected chi connectivity index (χ1v) is 7.19. The van der Waals surface area contributed by atoms with E-state index in [2.05, 4.69) is 40.7 Å². The van der Waals surface area contributed by atoms with Crippen LogP contribution in [0.3, 0.4) is 0 Å². The van der Waals surface area contributed by atoms with Gasteiger partial charge >= 0.3 is 0 Å². The topological polar surface area (TPSA) is 49.3 Å². The van der Waals surface area contributed by atoms with Crippen LogP contribution < -0.4 is 10.6 Å². The maximum absolute atomic E-state index is 4.26. The second kappa shape index (κ2) is 7.26. The number of aliphatic imine (C=N–C) groups is 1. The molecular formula is C13H22N4S. The van der Waals surface area contributed by atoms with E-state index in [4.69, 9.17) is 0 Å². The largest absolute Gasteiger partial charge is 0.355 e. The predicted molar refractivity (Wildman–Crippen MR) is 80.0 cm³/mol. The van der Waals surface area contributed by atoms with Crippen molar-refractivity contribution in [2.75, 3.05) is 19.8 Å². The van der Waals surface area contributed by atoms with E-state index < -0.39 is 0 Å². The Hall–Kier alpha value is -1.23. The summed E-state index contributed by atoms with van der Waals surface area (Å²) in [5.41, 5.74) is 1.00. The zero-order valence-corrected chi connectivity index (χ0v) is 12.3. The highest BCUT2D eigenvalue weighted by Crippen LogP contribution is 2.19. The summed E-state index contributed by atoms with van der Waals surface area (Å²) in [5.74, 6) is 0.808. The van der Waals surface area contributed by atoms with Gasteiger partial charge in [0.25, 0.3) is 0 Å². The van der Waals surface area contributed by atoms with Crippen LogP contribution in [0.4, 0.5) is 0 Å². The van der Waals surface area contributed by atoms with Crippen molar-refractivity contribution in [3.05, 3.63) is 30.1 Å². The third-order valence-electron chi connectivity index (χ3n) is 2.62. The minimum absolute atomic E-state index is 0.197. The second-order valence-electron chi connectivity index (χ2n) is 4.56. The molecule has 1 rings (SSSR count). The lowest BCUT2D eigenvalue weighted by atomic mass is 10.2. The highest BCUT2D eigenvalue weighted by atomic mass is 32.2. The molecule has 1 aromatic heterocycles. The van der Waals surface area contributed by atoms with Crippen molar-refractivity contribution in [1.29, 1.82) is 0 Å². The van der Waals surface area contributed by atoms with Crippen molar-refractivity contribution in [2.45, 2.75) is 25.1 Å². The van der Waals surface area contributed by atoms with E-state index >= 15 is 0 Å². The molecule has 0 bridgehead atoms. The van der Waals surface area contributed by atoms with Crippen molar-refractivity contribution in [1.82, 2.24) is 15.6 Å².